The normalized spacial score (nSPS) is 19.7. The molecule has 2 aliphatic heterocycles. The standard InChI is InChI=1S/C24H32N4O4S2/c1-15(2)27-12-10-19-20(14-27)33-24(21(19)22(25)29)26-23(30)17-6-8-18(9-7-17)34(31,32)28-11-4-5-16(3)13-28/h6-9,15-16H,4-5,10-14H2,1-3H3,(H2,25,29)(H,26,30)/t16-/m1/s1. The van der Waals surface area contributed by atoms with Gasteiger partial charge in [0.2, 0.25) is 10.0 Å². The number of hydrogen-bond donors (Lipinski definition) is 2. The van der Waals surface area contributed by atoms with Gasteiger partial charge in [-0.3, -0.25) is 14.5 Å². The van der Waals surface area contributed by atoms with Crippen LogP contribution in [0.2, 0.25) is 0 Å². The monoisotopic (exact) mass is 504 g/mol. The lowest BCUT2D eigenvalue weighted by molar-refractivity contribution is 0.0999. The zero-order valence-corrected chi connectivity index (χ0v) is 21.5. The lowest BCUT2D eigenvalue weighted by atomic mass is 10.0. The van der Waals surface area contributed by atoms with Crippen molar-refractivity contribution in [3.05, 3.63) is 45.8 Å². The van der Waals surface area contributed by atoms with Crippen LogP contribution in [0.3, 0.4) is 0 Å². The van der Waals surface area contributed by atoms with Crippen LogP contribution in [-0.2, 0) is 23.0 Å². The number of nitrogens with two attached hydrogens (primary N) is 1. The molecule has 1 saturated heterocycles. The van der Waals surface area contributed by atoms with E-state index in [1.807, 2.05) is 0 Å². The van der Waals surface area contributed by atoms with Crippen LogP contribution in [0.5, 0.6) is 0 Å². The summed E-state index contributed by atoms with van der Waals surface area (Å²) in [4.78, 5) is 28.7. The molecule has 8 nitrogen and oxygen atoms in total. The van der Waals surface area contributed by atoms with Crippen molar-refractivity contribution in [3.8, 4) is 0 Å². The van der Waals surface area contributed by atoms with Crippen molar-refractivity contribution in [3.63, 3.8) is 0 Å². The number of carbonyl (C=O) groups is 2. The average Bonchev–Trinajstić information content (AvgIpc) is 3.16. The highest BCUT2D eigenvalue weighted by Gasteiger charge is 2.30. The largest absolute Gasteiger partial charge is 0.365 e. The van der Waals surface area contributed by atoms with Crippen LogP contribution in [0.4, 0.5) is 5.00 Å². The van der Waals surface area contributed by atoms with Crippen LogP contribution >= 0.6 is 11.3 Å². The van der Waals surface area contributed by atoms with Crippen molar-refractivity contribution in [2.45, 2.75) is 57.5 Å². The zero-order valence-electron chi connectivity index (χ0n) is 19.8. The Morgan fingerprint density at radius 3 is 2.50 bits per heavy atom. The minimum atomic E-state index is -3.59. The lowest BCUT2D eigenvalue weighted by Gasteiger charge is -2.30. The molecule has 184 valence electrons. The number of fused-ring (bicyclic) bond motifs is 1. The minimum Gasteiger partial charge on any atom is -0.365 e. The SMILES string of the molecule is CC(C)N1CCc2c(sc(NC(=O)c3ccc(S(=O)(=O)N4CCC[C@@H](C)C4)cc3)c2C(N)=O)C1. The summed E-state index contributed by atoms with van der Waals surface area (Å²) in [7, 11) is -3.59. The second-order valence-corrected chi connectivity index (χ2v) is 12.5. The quantitative estimate of drug-likeness (QED) is 0.627. The number of thiophene rings is 1. The molecule has 1 fully saturated rings. The van der Waals surface area contributed by atoms with Gasteiger partial charge in [-0.05, 0) is 68.9 Å². The van der Waals surface area contributed by atoms with E-state index in [0.717, 1.165) is 36.4 Å². The number of nitrogens with one attached hydrogen (secondary N) is 1. The predicted octanol–water partition coefficient (Wildman–Crippen LogP) is 3.29. The van der Waals surface area contributed by atoms with Gasteiger partial charge in [-0.1, -0.05) is 6.92 Å². The fourth-order valence-electron chi connectivity index (χ4n) is 4.68. The van der Waals surface area contributed by atoms with E-state index in [1.165, 1.54) is 39.9 Å². The Bertz CT molecular complexity index is 1190. The van der Waals surface area contributed by atoms with Crippen molar-refractivity contribution in [2.24, 2.45) is 11.7 Å². The Morgan fingerprint density at radius 1 is 1.18 bits per heavy atom. The Labute approximate surface area is 205 Å². The predicted molar refractivity (Wildman–Crippen MR) is 134 cm³/mol. The van der Waals surface area contributed by atoms with Gasteiger partial charge < -0.3 is 11.1 Å². The molecule has 4 rings (SSSR count). The first-order valence-electron chi connectivity index (χ1n) is 11.7. The van der Waals surface area contributed by atoms with Gasteiger partial charge in [-0.15, -0.1) is 11.3 Å². The maximum atomic E-state index is 13.0. The van der Waals surface area contributed by atoms with Gasteiger partial charge >= 0.3 is 0 Å². The summed E-state index contributed by atoms with van der Waals surface area (Å²) in [6.45, 7) is 8.90. The number of carbonyl (C=O) groups excluding carboxylic acids is 2. The molecule has 2 aromatic rings. The first-order valence-corrected chi connectivity index (χ1v) is 13.9. The van der Waals surface area contributed by atoms with Crippen molar-refractivity contribution in [1.29, 1.82) is 0 Å². The molecule has 0 unspecified atom stereocenters. The van der Waals surface area contributed by atoms with E-state index in [-0.39, 0.29) is 4.90 Å². The fourth-order valence-corrected chi connectivity index (χ4v) is 7.55. The number of piperidine rings is 1. The van der Waals surface area contributed by atoms with E-state index in [9.17, 15) is 18.0 Å². The molecule has 2 aliphatic rings. The number of benzene rings is 1. The lowest BCUT2D eigenvalue weighted by Crippen LogP contribution is -2.39. The van der Waals surface area contributed by atoms with Crippen molar-refractivity contribution in [1.82, 2.24) is 9.21 Å². The van der Waals surface area contributed by atoms with Gasteiger partial charge in [0.15, 0.2) is 0 Å². The second kappa shape index (κ2) is 9.77. The van der Waals surface area contributed by atoms with Gasteiger partial charge in [0.1, 0.15) is 5.00 Å². The third-order valence-corrected chi connectivity index (χ3v) is 9.68. The molecule has 0 saturated carbocycles. The van der Waals surface area contributed by atoms with E-state index in [1.54, 1.807) is 0 Å². The number of nitrogens with zero attached hydrogens (tertiary/aromatic N) is 2. The number of anilines is 1. The van der Waals surface area contributed by atoms with Crippen molar-refractivity contribution in [2.75, 3.05) is 25.0 Å². The molecule has 3 N–H and O–H groups in total. The molecular weight excluding hydrogens is 472 g/mol. The van der Waals surface area contributed by atoms with Crippen LogP contribution in [0.1, 0.15) is 64.8 Å². The Kier molecular flexibility index (Phi) is 7.14. The van der Waals surface area contributed by atoms with Gasteiger partial charge in [-0.25, -0.2) is 8.42 Å². The molecule has 3 heterocycles. The molecule has 0 aliphatic carbocycles. The van der Waals surface area contributed by atoms with Crippen LogP contribution in [0.15, 0.2) is 29.2 Å². The van der Waals surface area contributed by atoms with Gasteiger partial charge in [-0.2, -0.15) is 4.31 Å². The van der Waals surface area contributed by atoms with Gasteiger partial charge in [0.25, 0.3) is 11.8 Å². The Balaban J connectivity index is 1.53. The summed E-state index contributed by atoms with van der Waals surface area (Å²) in [6, 6.07) is 6.34. The van der Waals surface area contributed by atoms with Crippen molar-refractivity contribution >= 4 is 38.2 Å². The summed E-state index contributed by atoms with van der Waals surface area (Å²) in [5.41, 5.74) is 7.29. The second-order valence-electron chi connectivity index (χ2n) is 9.48. The van der Waals surface area contributed by atoms with E-state index < -0.39 is 21.8 Å². The number of rotatable bonds is 6. The number of sulfonamides is 1. The average molecular weight is 505 g/mol. The third-order valence-electron chi connectivity index (χ3n) is 6.66. The Morgan fingerprint density at radius 2 is 1.88 bits per heavy atom. The van der Waals surface area contributed by atoms with Crippen LogP contribution in [0.25, 0.3) is 0 Å². The molecule has 10 heteroatoms. The molecule has 34 heavy (non-hydrogen) atoms. The first-order chi connectivity index (χ1) is 16.1. The maximum Gasteiger partial charge on any atom is 0.256 e. The summed E-state index contributed by atoms with van der Waals surface area (Å²) < 4.78 is 27.5. The molecular formula is C24H32N4O4S2. The highest BCUT2D eigenvalue weighted by molar-refractivity contribution is 7.89. The summed E-state index contributed by atoms with van der Waals surface area (Å²) in [5, 5.41) is 3.29. The summed E-state index contributed by atoms with van der Waals surface area (Å²) >= 11 is 1.38. The summed E-state index contributed by atoms with van der Waals surface area (Å²) in [5.74, 6) is -0.627. The van der Waals surface area contributed by atoms with E-state index >= 15 is 0 Å². The maximum absolute atomic E-state index is 13.0. The van der Waals surface area contributed by atoms with Crippen LogP contribution in [0, 0.1) is 5.92 Å². The smallest absolute Gasteiger partial charge is 0.256 e. The number of amides is 2. The van der Waals surface area contributed by atoms with Gasteiger partial charge in [0.05, 0.1) is 10.5 Å². The molecule has 1 atom stereocenters. The van der Waals surface area contributed by atoms with Crippen molar-refractivity contribution < 1.29 is 18.0 Å². The highest BCUT2D eigenvalue weighted by atomic mass is 32.2. The first kappa shape index (κ1) is 24.8. The van der Waals surface area contributed by atoms with Crippen LogP contribution < -0.4 is 11.1 Å². The number of primary amides is 1. The Hall–Kier alpha value is -2.27. The highest BCUT2D eigenvalue weighted by Crippen LogP contribution is 2.37. The van der Waals surface area contributed by atoms with Gasteiger partial charge in [0, 0.05) is 42.7 Å². The molecule has 1 aromatic heterocycles. The molecule has 0 bridgehead atoms. The zero-order chi connectivity index (χ0) is 24.6. The topological polar surface area (TPSA) is 113 Å². The molecule has 2 amide bonds. The minimum absolute atomic E-state index is 0.177. The molecule has 0 radical (unpaired) electrons. The summed E-state index contributed by atoms with van der Waals surface area (Å²) in [6.07, 6.45) is 2.59. The van der Waals surface area contributed by atoms with Crippen LogP contribution in [-0.4, -0.2) is 55.1 Å². The molecule has 1 aromatic carbocycles. The number of hydrogen-bond acceptors (Lipinski definition) is 6. The van der Waals surface area contributed by atoms with E-state index in [4.69, 9.17) is 5.73 Å². The van der Waals surface area contributed by atoms with E-state index in [0.29, 0.717) is 47.6 Å². The van der Waals surface area contributed by atoms with E-state index in [2.05, 4.69) is 31.0 Å². The molecule has 0 spiro atoms. The third kappa shape index (κ3) is 4.91. The fraction of sp³-hybridized carbons (Fsp3) is 0.500.